The molecule has 5 nitrogen and oxygen atoms in total. The Hall–Kier alpha value is -7.29. The predicted molar refractivity (Wildman–Crippen MR) is 212 cm³/mol. The molecule has 9 rings (SSSR count). The van der Waals surface area contributed by atoms with Crippen molar-refractivity contribution in [3.8, 4) is 45.7 Å². The van der Waals surface area contributed by atoms with Gasteiger partial charge in [0.1, 0.15) is 0 Å². The molecular formula is C47H31N5. The summed E-state index contributed by atoms with van der Waals surface area (Å²) in [5.41, 5.74) is 11.4. The molecular weight excluding hydrogens is 635 g/mol. The van der Waals surface area contributed by atoms with Crippen molar-refractivity contribution >= 4 is 38.9 Å². The molecule has 0 saturated carbocycles. The van der Waals surface area contributed by atoms with Crippen molar-refractivity contribution < 1.29 is 0 Å². The number of nitrogens with zero attached hydrogens (tertiary/aromatic N) is 5. The van der Waals surface area contributed by atoms with Crippen molar-refractivity contribution in [2.45, 2.75) is 0 Å². The van der Waals surface area contributed by atoms with E-state index in [1.54, 1.807) is 6.07 Å². The lowest BCUT2D eigenvalue weighted by Gasteiger charge is -2.25. The fourth-order valence-electron chi connectivity index (χ4n) is 7.01. The van der Waals surface area contributed by atoms with Crippen LogP contribution in [-0.4, -0.2) is 14.5 Å². The number of para-hydroxylation sites is 3. The van der Waals surface area contributed by atoms with E-state index in [1.165, 1.54) is 10.8 Å². The minimum Gasteiger partial charge on any atom is -0.310 e. The summed E-state index contributed by atoms with van der Waals surface area (Å²) in [7, 11) is 0. The molecule has 0 unspecified atom stereocenters. The first-order valence-corrected chi connectivity index (χ1v) is 17.2. The Bertz CT molecular complexity index is 2690. The molecule has 244 valence electrons. The molecule has 0 aliphatic carbocycles. The van der Waals surface area contributed by atoms with E-state index in [0.717, 1.165) is 56.3 Å². The quantitative estimate of drug-likeness (QED) is 0.170. The fraction of sp³-hybridized carbons (Fsp3) is 0. The zero-order valence-corrected chi connectivity index (χ0v) is 28.1. The van der Waals surface area contributed by atoms with Gasteiger partial charge in [-0.3, -0.25) is 0 Å². The van der Waals surface area contributed by atoms with Gasteiger partial charge in [-0.25, -0.2) is 9.97 Å². The van der Waals surface area contributed by atoms with E-state index in [-0.39, 0.29) is 0 Å². The molecule has 2 aromatic heterocycles. The van der Waals surface area contributed by atoms with Crippen LogP contribution in [0, 0.1) is 11.3 Å². The maximum absolute atomic E-state index is 9.86. The normalized spacial score (nSPS) is 11.1. The SMILES string of the molecule is N#Cc1ccccc1-c1nc(-c2ccccc2)cc(-c2ccc(-n3c4ccccc4c4cc(N(c5ccccc5)c5ccccc5)ccc43)cc2)n1. The zero-order valence-electron chi connectivity index (χ0n) is 28.1. The molecule has 0 spiro atoms. The second kappa shape index (κ2) is 13.2. The maximum Gasteiger partial charge on any atom is 0.161 e. The van der Waals surface area contributed by atoms with Crippen LogP contribution in [-0.2, 0) is 0 Å². The molecule has 0 amide bonds. The van der Waals surface area contributed by atoms with Gasteiger partial charge in [0.05, 0.1) is 34.1 Å². The summed E-state index contributed by atoms with van der Waals surface area (Å²) in [6.07, 6.45) is 0. The van der Waals surface area contributed by atoms with Crippen molar-refractivity contribution in [1.82, 2.24) is 14.5 Å². The van der Waals surface area contributed by atoms with Crippen LogP contribution in [0.3, 0.4) is 0 Å². The summed E-state index contributed by atoms with van der Waals surface area (Å²) < 4.78 is 2.33. The van der Waals surface area contributed by atoms with Gasteiger partial charge in [0.2, 0.25) is 0 Å². The number of benzene rings is 7. The third kappa shape index (κ3) is 5.55. The minimum absolute atomic E-state index is 0.524. The van der Waals surface area contributed by atoms with Gasteiger partial charge < -0.3 is 9.47 Å². The molecule has 0 N–H and O–H groups in total. The number of nitriles is 1. The van der Waals surface area contributed by atoms with E-state index < -0.39 is 0 Å². The summed E-state index contributed by atoms with van der Waals surface area (Å²) in [6.45, 7) is 0. The Morgan fingerprint density at radius 3 is 1.69 bits per heavy atom. The number of hydrogen-bond acceptors (Lipinski definition) is 4. The number of aromatic nitrogens is 3. The van der Waals surface area contributed by atoms with Crippen LogP contribution in [0.25, 0.3) is 61.4 Å². The molecule has 5 heteroatoms. The van der Waals surface area contributed by atoms with Crippen LogP contribution in [0.2, 0.25) is 0 Å². The van der Waals surface area contributed by atoms with Crippen molar-refractivity contribution in [2.75, 3.05) is 4.90 Å². The van der Waals surface area contributed by atoms with Crippen LogP contribution in [0.4, 0.5) is 17.1 Å². The number of rotatable bonds is 7. The van der Waals surface area contributed by atoms with E-state index >= 15 is 0 Å². The van der Waals surface area contributed by atoms with Crippen molar-refractivity contribution in [3.63, 3.8) is 0 Å². The summed E-state index contributed by atoms with van der Waals surface area (Å²) in [4.78, 5) is 12.2. The molecule has 0 fully saturated rings. The number of fused-ring (bicyclic) bond motifs is 3. The Balaban J connectivity index is 1.16. The lowest BCUT2D eigenvalue weighted by atomic mass is 10.0. The molecule has 2 heterocycles. The Morgan fingerprint density at radius 2 is 1.02 bits per heavy atom. The lowest BCUT2D eigenvalue weighted by molar-refractivity contribution is 1.17. The highest BCUT2D eigenvalue weighted by molar-refractivity contribution is 6.10. The fourth-order valence-corrected chi connectivity index (χ4v) is 7.01. The summed E-state index contributed by atoms with van der Waals surface area (Å²) in [5, 5.41) is 12.2. The summed E-state index contributed by atoms with van der Waals surface area (Å²) >= 11 is 0. The monoisotopic (exact) mass is 665 g/mol. The largest absolute Gasteiger partial charge is 0.310 e. The first-order valence-electron chi connectivity index (χ1n) is 17.2. The second-order valence-corrected chi connectivity index (χ2v) is 12.6. The molecule has 0 saturated heterocycles. The van der Waals surface area contributed by atoms with Crippen molar-refractivity contribution in [1.29, 1.82) is 5.26 Å². The maximum atomic E-state index is 9.86. The molecule has 0 radical (unpaired) electrons. The third-order valence-electron chi connectivity index (χ3n) is 9.45. The Kier molecular flexibility index (Phi) is 7.81. The zero-order chi connectivity index (χ0) is 34.9. The molecule has 7 aromatic carbocycles. The first-order chi connectivity index (χ1) is 25.7. The van der Waals surface area contributed by atoms with Gasteiger partial charge in [-0.15, -0.1) is 0 Å². The molecule has 0 atom stereocenters. The van der Waals surface area contributed by atoms with E-state index in [9.17, 15) is 5.26 Å². The Morgan fingerprint density at radius 1 is 0.462 bits per heavy atom. The van der Waals surface area contributed by atoms with Gasteiger partial charge in [-0.2, -0.15) is 5.26 Å². The Labute approximate surface area is 302 Å². The average molecular weight is 666 g/mol. The second-order valence-electron chi connectivity index (χ2n) is 12.6. The van der Waals surface area contributed by atoms with Gasteiger partial charge >= 0.3 is 0 Å². The predicted octanol–water partition coefficient (Wildman–Crippen LogP) is 11.9. The van der Waals surface area contributed by atoms with Crippen LogP contribution in [0.15, 0.2) is 188 Å². The highest BCUT2D eigenvalue weighted by Gasteiger charge is 2.18. The van der Waals surface area contributed by atoms with Crippen molar-refractivity contribution in [2.24, 2.45) is 0 Å². The molecule has 0 aliphatic rings. The number of anilines is 3. The van der Waals surface area contributed by atoms with Crippen LogP contribution >= 0.6 is 0 Å². The molecule has 0 bridgehead atoms. The highest BCUT2D eigenvalue weighted by Crippen LogP contribution is 2.40. The smallest absolute Gasteiger partial charge is 0.161 e. The first kappa shape index (κ1) is 30.7. The van der Waals surface area contributed by atoms with E-state index in [2.05, 4.69) is 143 Å². The van der Waals surface area contributed by atoms with Crippen LogP contribution < -0.4 is 4.90 Å². The van der Waals surface area contributed by atoms with Crippen LogP contribution in [0.1, 0.15) is 5.56 Å². The molecule has 9 aromatic rings. The van der Waals surface area contributed by atoms with Gasteiger partial charge in [-0.1, -0.05) is 109 Å². The van der Waals surface area contributed by atoms with Crippen molar-refractivity contribution in [3.05, 3.63) is 194 Å². The minimum atomic E-state index is 0.524. The molecule has 52 heavy (non-hydrogen) atoms. The highest BCUT2D eigenvalue weighted by atomic mass is 15.1. The van der Waals surface area contributed by atoms with Gasteiger partial charge in [-0.05, 0) is 78.9 Å². The van der Waals surface area contributed by atoms with Gasteiger partial charge in [0.15, 0.2) is 5.82 Å². The van der Waals surface area contributed by atoms with Gasteiger partial charge in [0.25, 0.3) is 0 Å². The van der Waals surface area contributed by atoms with E-state index in [1.807, 2.05) is 54.6 Å². The summed E-state index contributed by atoms with van der Waals surface area (Å²) in [6, 6.07) is 66.8. The third-order valence-corrected chi connectivity index (χ3v) is 9.45. The topological polar surface area (TPSA) is 57.7 Å². The number of hydrogen-bond donors (Lipinski definition) is 0. The van der Waals surface area contributed by atoms with Crippen LogP contribution in [0.5, 0.6) is 0 Å². The lowest BCUT2D eigenvalue weighted by Crippen LogP contribution is -2.09. The summed E-state index contributed by atoms with van der Waals surface area (Å²) in [5.74, 6) is 0.524. The van der Waals surface area contributed by atoms with E-state index in [0.29, 0.717) is 17.0 Å². The molecule has 0 aliphatic heterocycles. The standard InChI is InChI=1S/C47H31N5/c48-32-35-16-10-11-21-40(35)47-49-43(33-14-4-1-5-15-33)31-44(50-47)34-24-26-38(27-25-34)52-45-23-13-12-22-41(45)42-30-39(28-29-46(42)52)51(36-17-6-2-7-18-36)37-19-8-3-9-20-37/h1-31H. The van der Waals surface area contributed by atoms with E-state index in [4.69, 9.17) is 9.97 Å². The van der Waals surface area contributed by atoms with Gasteiger partial charge in [0, 0.05) is 50.2 Å². The average Bonchev–Trinajstić information content (AvgIpc) is 3.55.